The Kier molecular flexibility index (Phi) is 11.7. The third-order valence-corrected chi connectivity index (χ3v) is 6.72. The SMILES string of the molecule is CNC(=O)Nc1ccc(S(=O)(=O)NC(C=O)CC(=O)O)c(OCCc2cccc3ncccc23)c1.O=C(O)C(F)(F)F. The Morgan fingerprint density at radius 2 is 1.79 bits per heavy atom. The predicted molar refractivity (Wildman–Crippen MR) is 142 cm³/mol. The fraction of sp³-hybridized carbons (Fsp3) is 0.240. The van der Waals surface area contributed by atoms with Gasteiger partial charge in [0.1, 0.15) is 16.9 Å². The number of nitrogens with one attached hydrogen (secondary N) is 3. The highest BCUT2D eigenvalue weighted by Crippen LogP contribution is 2.28. The van der Waals surface area contributed by atoms with Crippen LogP contribution >= 0.6 is 0 Å². The number of aromatic nitrogens is 1. The van der Waals surface area contributed by atoms with E-state index >= 15 is 0 Å². The van der Waals surface area contributed by atoms with E-state index in [1.165, 1.54) is 25.2 Å². The Labute approximate surface area is 236 Å². The van der Waals surface area contributed by atoms with Gasteiger partial charge in [-0.1, -0.05) is 18.2 Å². The Bertz CT molecular complexity index is 1540. The summed E-state index contributed by atoms with van der Waals surface area (Å²) in [6.07, 6.45) is -3.47. The molecule has 0 bridgehead atoms. The van der Waals surface area contributed by atoms with Gasteiger partial charge in [0.15, 0.2) is 0 Å². The number of carbonyl (C=O) groups excluding carboxylic acids is 2. The van der Waals surface area contributed by atoms with Crippen LogP contribution in [-0.2, 0) is 30.8 Å². The second-order valence-electron chi connectivity index (χ2n) is 8.22. The van der Waals surface area contributed by atoms with E-state index in [0.717, 1.165) is 16.5 Å². The lowest BCUT2D eigenvalue weighted by atomic mass is 10.1. The number of anilines is 1. The molecular weight excluding hydrogens is 589 g/mol. The monoisotopic (exact) mass is 614 g/mol. The molecule has 226 valence electrons. The zero-order valence-electron chi connectivity index (χ0n) is 21.7. The Hall–Kier alpha value is -4.77. The molecule has 1 atom stereocenters. The normalized spacial score (nSPS) is 11.9. The van der Waals surface area contributed by atoms with Crippen molar-refractivity contribution < 1.29 is 55.7 Å². The molecule has 13 nitrogen and oxygen atoms in total. The van der Waals surface area contributed by atoms with E-state index in [-0.39, 0.29) is 29.2 Å². The number of nitrogens with zero attached hydrogens (tertiary/aromatic N) is 1. The number of sulfonamides is 1. The lowest BCUT2D eigenvalue weighted by Crippen LogP contribution is -2.37. The van der Waals surface area contributed by atoms with E-state index in [2.05, 4.69) is 20.3 Å². The average Bonchev–Trinajstić information content (AvgIpc) is 2.92. The average molecular weight is 615 g/mol. The molecule has 0 aliphatic heterocycles. The summed E-state index contributed by atoms with van der Waals surface area (Å²) in [6.45, 7) is 0.0895. The summed E-state index contributed by atoms with van der Waals surface area (Å²) in [5.41, 5.74) is 2.03. The van der Waals surface area contributed by atoms with Crippen LogP contribution in [0, 0.1) is 0 Å². The molecule has 5 N–H and O–H groups in total. The number of halogens is 3. The maximum absolute atomic E-state index is 13.0. The van der Waals surface area contributed by atoms with E-state index < -0.39 is 46.6 Å². The van der Waals surface area contributed by atoms with Gasteiger partial charge in [0.25, 0.3) is 0 Å². The molecule has 1 aromatic heterocycles. The lowest BCUT2D eigenvalue weighted by Gasteiger charge is -2.17. The number of pyridine rings is 1. The summed E-state index contributed by atoms with van der Waals surface area (Å²) in [4.78, 5) is 46.7. The summed E-state index contributed by atoms with van der Waals surface area (Å²) in [5.74, 6) is -4.17. The lowest BCUT2D eigenvalue weighted by molar-refractivity contribution is -0.192. The first-order chi connectivity index (χ1) is 19.7. The van der Waals surface area contributed by atoms with Gasteiger partial charge in [-0.2, -0.15) is 13.2 Å². The molecule has 2 aromatic carbocycles. The van der Waals surface area contributed by atoms with Crippen molar-refractivity contribution in [3.63, 3.8) is 0 Å². The third-order valence-electron chi connectivity index (χ3n) is 5.19. The number of hydrogen-bond acceptors (Lipinski definition) is 8. The standard InChI is InChI=1S/C23H24N4O7S.C2HF3O2/c1-24-23(31)26-16-7-8-21(35(32,33)27-17(14-28)13-22(29)30)20(12-16)34-11-9-15-4-2-6-19-18(15)5-3-10-25-19;3-2(4,5)1(6)7/h2-8,10,12,14,17,27H,9,11,13H2,1H3,(H,29,30)(H2,24,26,31);(H,6,7). The van der Waals surface area contributed by atoms with Gasteiger partial charge in [-0.15, -0.1) is 0 Å². The number of alkyl halides is 3. The van der Waals surface area contributed by atoms with Crippen molar-refractivity contribution in [2.75, 3.05) is 19.0 Å². The summed E-state index contributed by atoms with van der Waals surface area (Å²) in [6, 6.07) is 11.3. The number of amides is 2. The molecule has 2 amide bonds. The quantitative estimate of drug-likeness (QED) is 0.200. The van der Waals surface area contributed by atoms with Gasteiger partial charge in [-0.05, 0) is 29.8 Å². The first-order valence-corrected chi connectivity index (χ1v) is 13.2. The number of urea groups is 1. The van der Waals surface area contributed by atoms with Gasteiger partial charge >= 0.3 is 24.1 Å². The van der Waals surface area contributed by atoms with E-state index in [1.807, 2.05) is 30.3 Å². The minimum absolute atomic E-state index is 0.0789. The number of carboxylic acid groups (broad SMARTS) is 2. The number of benzene rings is 2. The Morgan fingerprint density at radius 3 is 2.38 bits per heavy atom. The fourth-order valence-corrected chi connectivity index (χ4v) is 4.63. The minimum Gasteiger partial charge on any atom is -0.492 e. The summed E-state index contributed by atoms with van der Waals surface area (Å²) in [7, 11) is -2.91. The van der Waals surface area contributed by atoms with Gasteiger partial charge in [0.2, 0.25) is 10.0 Å². The number of hydrogen-bond donors (Lipinski definition) is 5. The van der Waals surface area contributed by atoms with Crippen molar-refractivity contribution in [1.29, 1.82) is 0 Å². The number of carbonyl (C=O) groups is 4. The smallest absolute Gasteiger partial charge is 0.490 e. The first-order valence-electron chi connectivity index (χ1n) is 11.8. The van der Waals surface area contributed by atoms with E-state index in [1.54, 1.807) is 6.20 Å². The van der Waals surface area contributed by atoms with Gasteiger partial charge in [-0.3, -0.25) is 9.78 Å². The number of carboxylic acids is 2. The zero-order chi connectivity index (χ0) is 31.5. The molecule has 0 fully saturated rings. The van der Waals surface area contributed by atoms with Crippen molar-refractivity contribution in [3.05, 3.63) is 60.3 Å². The molecular formula is C25H25F3N4O9S. The molecule has 17 heteroatoms. The molecule has 3 rings (SSSR count). The van der Waals surface area contributed by atoms with E-state index in [0.29, 0.717) is 6.42 Å². The van der Waals surface area contributed by atoms with Crippen molar-refractivity contribution in [3.8, 4) is 5.75 Å². The van der Waals surface area contributed by atoms with Crippen molar-refractivity contribution in [2.45, 2.75) is 30.0 Å². The van der Waals surface area contributed by atoms with Crippen molar-refractivity contribution >= 4 is 50.9 Å². The highest BCUT2D eigenvalue weighted by Gasteiger charge is 2.38. The molecule has 1 heterocycles. The number of fused-ring (bicyclic) bond motifs is 1. The second kappa shape index (κ2) is 14.7. The van der Waals surface area contributed by atoms with Gasteiger partial charge in [0, 0.05) is 36.8 Å². The van der Waals surface area contributed by atoms with Gasteiger partial charge in [-0.25, -0.2) is 22.7 Å². The van der Waals surface area contributed by atoms with Crippen LogP contribution in [0.5, 0.6) is 5.75 Å². The predicted octanol–water partition coefficient (Wildman–Crippen LogP) is 2.56. The highest BCUT2D eigenvalue weighted by molar-refractivity contribution is 7.89. The maximum atomic E-state index is 13.0. The number of aldehydes is 1. The third kappa shape index (κ3) is 10.0. The molecule has 0 spiro atoms. The zero-order valence-corrected chi connectivity index (χ0v) is 22.5. The molecule has 0 aliphatic carbocycles. The van der Waals surface area contributed by atoms with Crippen LogP contribution in [-0.4, -0.2) is 73.7 Å². The molecule has 3 aromatic rings. The van der Waals surface area contributed by atoms with Crippen LogP contribution in [0.1, 0.15) is 12.0 Å². The molecule has 0 saturated carbocycles. The number of aliphatic carboxylic acids is 2. The molecule has 0 saturated heterocycles. The summed E-state index contributed by atoms with van der Waals surface area (Å²) in [5, 5.41) is 21.9. The largest absolute Gasteiger partial charge is 0.492 e. The second-order valence-corrected chi connectivity index (χ2v) is 9.90. The van der Waals surface area contributed by atoms with Crippen LogP contribution in [0.25, 0.3) is 10.9 Å². The first kappa shape index (κ1) is 33.4. The van der Waals surface area contributed by atoms with Crippen LogP contribution in [0.2, 0.25) is 0 Å². The van der Waals surface area contributed by atoms with Crippen LogP contribution < -0.4 is 20.1 Å². The van der Waals surface area contributed by atoms with Crippen LogP contribution in [0.4, 0.5) is 23.7 Å². The fourth-order valence-electron chi connectivity index (χ4n) is 3.34. The van der Waals surface area contributed by atoms with Gasteiger partial charge in [0.05, 0.1) is 24.6 Å². The Morgan fingerprint density at radius 1 is 1.10 bits per heavy atom. The van der Waals surface area contributed by atoms with Crippen molar-refractivity contribution in [1.82, 2.24) is 15.0 Å². The minimum atomic E-state index is -5.08. The van der Waals surface area contributed by atoms with Gasteiger partial charge < -0.3 is 30.4 Å². The topological polar surface area (TPSA) is 201 Å². The molecule has 1 unspecified atom stereocenters. The van der Waals surface area contributed by atoms with Crippen LogP contribution in [0.15, 0.2) is 59.6 Å². The molecule has 0 radical (unpaired) electrons. The summed E-state index contributed by atoms with van der Waals surface area (Å²) < 4.78 is 65.5. The molecule has 42 heavy (non-hydrogen) atoms. The van der Waals surface area contributed by atoms with E-state index in [4.69, 9.17) is 19.7 Å². The highest BCUT2D eigenvalue weighted by atomic mass is 32.2. The Balaban J connectivity index is 0.000000782. The molecule has 0 aliphatic rings. The number of rotatable bonds is 11. The number of ether oxygens (including phenoxy) is 1. The summed E-state index contributed by atoms with van der Waals surface area (Å²) >= 11 is 0. The van der Waals surface area contributed by atoms with E-state index in [9.17, 15) is 36.0 Å². The maximum Gasteiger partial charge on any atom is 0.490 e. The van der Waals surface area contributed by atoms with Crippen LogP contribution in [0.3, 0.4) is 0 Å². The van der Waals surface area contributed by atoms with Crippen molar-refractivity contribution in [2.24, 2.45) is 0 Å².